The summed E-state index contributed by atoms with van der Waals surface area (Å²) in [5, 5.41) is 0. The molecule has 2 aromatic carbocycles. The summed E-state index contributed by atoms with van der Waals surface area (Å²) in [6.07, 6.45) is 8.01. The van der Waals surface area contributed by atoms with E-state index in [2.05, 4.69) is 12.1 Å². The van der Waals surface area contributed by atoms with E-state index >= 15 is 0 Å². The first-order valence-electron chi connectivity index (χ1n) is 12.8. The number of nitrogens with zero attached hydrogens (tertiary/aromatic N) is 4. The third-order valence-corrected chi connectivity index (χ3v) is 7.94. The van der Waals surface area contributed by atoms with Crippen LogP contribution in [-0.2, 0) is 11.8 Å². The Labute approximate surface area is 204 Å². The van der Waals surface area contributed by atoms with Crippen molar-refractivity contribution in [2.75, 3.05) is 19.6 Å². The molecule has 3 aliphatic rings. The topological polar surface area (TPSA) is 58.4 Å². The zero-order valence-electron chi connectivity index (χ0n) is 20.2. The second-order valence-electron chi connectivity index (χ2n) is 10.3. The Morgan fingerprint density at radius 2 is 1.83 bits per heavy atom. The second kappa shape index (κ2) is 8.77. The van der Waals surface area contributed by atoms with Gasteiger partial charge in [-0.25, -0.2) is 9.37 Å². The van der Waals surface area contributed by atoms with E-state index in [1.54, 1.807) is 11.0 Å². The van der Waals surface area contributed by atoms with Gasteiger partial charge in [0.1, 0.15) is 12.4 Å². The molecule has 0 spiro atoms. The van der Waals surface area contributed by atoms with Crippen LogP contribution in [-0.4, -0.2) is 56.8 Å². The van der Waals surface area contributed by atoms with Crippen LogP contribution in [0.5, 0.6) is 0 Å². The van der Waals surface area contributed by atoms with E-state index in [1.807, 2.05) is 22.6 Å². The molecule has 7 heteroatoms. The van der Waals surface area contributed by atoms with Gasteiger partial charge in [-0.15, -0.1) is 0 Å². The SMILES string of the molecule is Cn1c(C(=O)N2CCN(C3CCCCC3)C(=O)C2)nc2c(-c3cccc(F)c3)cc(C3CC3)cc21. The lowest BCUT2D eigenvalue weighted by atomic mass is 9.93. The number of benzene rings is 2. The van der Waals surface area contributed by atoms with E-state index in [1.165, 1.54) is 37.0 Å². The zero-order chi connectivity index (χ0) is 24.1. The fourth-order valence-corrected chi connectivity index (χ4v) is 5.81. The first-order chi connectivity index (χ1) is 17.0. The van der Waals surface area contributed by atoms with Crippen molar-refractivity contribution in [3.05, 3.63) is 53.6 Å². The van der Waals surface area contributed by atoms with Crippen molar-refractivity contribution in [2.24, 2.45) is 7.05 Å². The minimum atomic E-state index is -0.297. The lowest BCUT2D eigenvalue weighted by molar-refractivity contribution is -0.138. The molecule has 2 aliphatic carbocycles. The van der Waals surface area contributed by atoms with E-state index < -0.39 is 0 Å². The standard InChI is InChI=1S/C28H31FN4O2/c1-31-24-16-20(18-10-11-18)15-23(19-6-5-7-21(29)14-19)26(24)30-27(31)28(35)32-12-13-33(25(34)17-32)22-8-3-2-4-9-22/h5-7,14-16,18,22H,2-4,8-13,17H2,1H3. The summed E-state index contributed by atoms with van der Waals surface area (Å²) in [5.74, 6) is 0.343. The number of aryl methyl sites for hydroxylation is 1. The van der Waals surface area contributed by atoms with Crippen LogP contribution in [0.25, 0.3) is 22.2 Å². The van der Waals surface area contributed by atoms with Crippen LogP contribution in [0.4, 0.5) is 4.39 Å². The molecular weight excluding hydrogens is 443 g/mol. The van der Waals surface area contributed by atoms with Gasteiger partial charge in [-0.05, 0) is 67.0 Å². The maximum Gasteiger partial charge on any atom is 0.290 e. The molecule has 0 radical (unpaired) electrons. The number of piperazine rings is 1. The molecule has 6 nitrogen and oxygen atoms in total. The van der Waals surface area contributed by atoms with Crippen molar-refractivity contribution in [1.29, 1.82) is 0 Å². The van der Waals surface area contributed by atoms with Crippen LogP contribution in [0.1, 0.15) is 67.0 Å². The van der Waals surface area contributed by atoms with Crippen molar-refractivity contribution < 1.29 is 14.0 Å². The largest absolute Gasteiger partial charge is 0.336 e. The van der Waals surface area contributed by atoms with Crippen molar-refractivity contribution in [2.45, 2.75) is 56.9 Å². The predicted octanol–water partition coefficient (Wildman–Crippen LogP) is 4.87. The van der Waals surface area contributed by atoms with Crippen LogP contribution < -0.4 is 0 Å². The number of halogens is 1. The van der Waals surface area contributed by atoms with Gasteiger partial charge in [0.25, 0.3) is 5.91 Å². The Morgan fingerprint density at radius 3 is 2.54 bits per heavy atom. The number of aromatic nitrogens is 2. The molecule has 35 heavy (non-hydrogen) atoms. The summed E-state index contributed by atoms with van der Waals surface area (Å²) in [6.45, 7) is 1.20. The van der Waals surface area contributed by atoms with Crippen molar-refractivity contribution in [3.8, 4) is 11.1 Å². The van der Waals surface area contributed by atoms with Gasteiger partial charge in [-0.1, -0.05) is 31.4 Å². The van der Waals surface area contributed by atoms with Gasteiger partial charge in [-0.2, -0.15) is 0 Å². The summed E-state index contributed by atoms with van der Waals surface area (Å²) >= 11 is 0. The monoisotopic (exact) mass is 474 g/mol. The van der Waals surface area contributed by atoms with E-state index in [4.69, 9.17) is 4.98 Å². The lowest BCUT2D eigenvalue weighted by Gasteiger charge is -2.40. The van der Waals surface area contributed by atoms with E-state index in [-0.39, 0.29) is 24.2 Å². The predicted molar refractivity (Wildman–Crippen MR) is 133 cm³/mol. The van der Waals surface area contributed by atoms with Gasteiger partial charge in [0.05, 0.1) is 11.0 Å². The van der Waals surface area contributed by atoms with Crippen LogP contribution in [0, 0.1) is 5.82 Å². The summed E-state index contributed by atoms with van der Waals surface area (Å²) in [4.78, 5) is 34.9. The normalized spacial score (nSPS) is 19.5. The van der Waals surface area contributed by atoms with Crippen molar-refractivity contribution in [3.63, 3.8) is 0 Å². The zero-order valence-corrected chi connectivity index (χ0v) is 20.2. The maximum atomic E-state index is 14.1. The number of carbonyl (C=O) groups excluding carboxylic acids is 2. The Balaban J connectivity index is 1.33. The molecule has 2 heterocycles. The smallest absolute Gasteiger partial charge is 0.290 e. The van der Waals surface area contributed by atoms with Crippen LogP contribution in [0.3, 0.4) is 0 Å². The number of imidazole rings is 1. The molecule has 3 aromatic rings. The number of hydrogen-bond donors (Lipinski definition) is 0. The second-order valence-corrected chi connectivity index (χ2v) is 10.3. The number of carbonyl (C=O) groups is 2. The van der Waals surface area contributed by atoms with E-state index in [9.17, 15) is 14.0 Å². The van der Waals surface area contributed by atoms with Gasteiger partial charge in [0, 0.05) is 31.7 Å². The molecule has 2 amide bonds. The molecule has 182 valence electrons. The lowest BCUT2D eigenvalue weighted by Crippen LogP contribution is -2.56. The van der Waals surface area contributed by atoms with Crippen molar-refractivity contribution >= 4 is 22.8 Å². The molecule has 0 unspecified atom stereocenters. The molecule has 2 saturated carbocycles. The Kier molecular flexibility index (Phi) is 5.58. The number of hydrogen-bond acceptors (Lipinski definition) is 3. The van der Waals surface area contributed by atoms with Crippen molar-refractivity contribution in [1.82, 2.24) is 19.4 Å². The highest BCUT2D eigenvalue weighted by molar-refractivity contribution is 6.01. The third kappa shape index (κ3) is 4.11. The summed E-state index contributed by atoms with van der Waals surface area (Å²) < 4.78 is 15.9. The molecule has 1 aromatic heterocycles. The maximum absolute atomic E-state index is 14.1. The average Bonchev–Trinajstić information content (AvgIpc) is 3.67. The molecule has 1 aliphatic heterocycles. The number of rotatable bonds is 4. The van der Waals surface area contributed by atoms with Gasteiger partial charge in [0.2, 0.25) is 5.91 Å². The Morgan fingerprint density at radius 1 is 1.03 bits per heavy atom. The Bertz CT molecular complexity index is 1310. The van der Waals surface area contributed by atoms with Gasteiger partial charge >= 0.3 is 0 Å². The highest BCUT2D eigenvalue weighted by atomic mass is 19.1. The first-order valence-corrected chi connectivity index (χ1v) is 12.8. The molecule has 0 N–H and O–H groups in total. The molecule has 1 saturated heterocycles. The third-order valence-electron chi connectivity index (χ3n) is 7.94. The van der Waals surface area contributed by atoms with E-state index in [0.29, 0.717) is 36.4 Å². The highest BCUT2D eigenvalue weighted by Crippen LogP contribution is 2.43. The molecular formula is C28H31FN4O2. The number of fused-ring (bicyclic) bond motifs is 1. The summed E-state index contributed by atoms with van der Waals surface area (Å²) in [6, 6.07) is 11.1. The minimum Gasteiger partial charge on any atom is -0.336 e. The fraction of sp³-hybridized carbons (Fsp3) is 0.464. The minimum absolute atomic E-state index is 0.0340. The number of amides is 2. The first kappa shape index (κ1) is 22.3. The summed E-state index contributed by atoms with van der Waals surface area (Å²) in [5.41, 5.74) is 4.36. The molecule has 0 bridgehead atoms. The van der Waals surface area contributed by atoms with E-state index in [0.717, 1.165) is 42.3 Å². The van der Waals surface area contributed by atoms with Crippen LogP contribution in [0.15, 0.2) is 36.4 Å². The molecule has 0 atom stereocenters. The van der Waals surface area contributed by atoms with Crippen LogP contribution in [0.2, 0.25) is 0 Å². The van der Waals surface area contributed by atoms with Crippen LogP contribution >= 0.6 is 0 Å². The van der Waals surface area contributed by atoms with Gasteiger partial charge < -0.3 is 14.4 Å². The fourth-order valence-electron chi connectivity index (χ4n) is 5.81. The summed E-state index contributed by atoms with van der Waals surface area (Å²) in [7, 11) is 1.86. The van der Waals surface area contributed by atoms with Gasteiger partial charge in [-0.3, -0.25) is 9.59 Å². The average molecular weight is 475 g/mol. The highest BCUT2D eigenvalue weighted by Gasteiger charge is 2.34. The molecule has 6 rings (SSSR count). The van der Waals surface area contributed by atoms with Gasteiger partial charge in [0.15, 0.2) is 5.82 Å². The quantitative estimate of drug-likeness (QED) is 0.542. The molecule has 3 fully saturated rings. The Hall–Kier alpha value is -3.22.